The first-order valence-corrected chi connectivity index (χ1v) is 11.2. The molecule has 1 fully saturated rings. The van der Waals surface area contributed by atoms with Gasteiger partial charge in [0.15, 0.2) is 0 Å². The molecular formula is C17H19FN2O4S2. The molecule has 0 unspecified atom stereocenters. The van der Waals surface area contributed by atoms with Crippen molar-refractivity contribution in [3.63, 3.8) is 0 Å². The van der Waals surface area contributed by atoms with E-state index in [-0.39, 0.29) is 16.3 Å². The van der Waals surface area contributed by atoms with Crippen molar-refractivity contribution >= 4 is 31.4 Å². The maximum Gasteiger partial charge on any atom is 0.262 e. The minimum Gasteiger partial charge on any atom is -0.280 e. The van der Waals surface area contributed by atoms with E-state index in [1.165, 1.54) is 34.6 Å². The van der Waals surface area contributed by atoms with Crippen LogP contribution in [0.2, 0.25) is 0 Å². The normalized spacial score (nSPS) is 17.1. The molecule has 0 aliphatic carbocycles. The lowest BCUT2D eigenvalue weighted by atomic mass is 10.2. The summed E-state index contributed by atoms with van der Waals surface area (Å²) in [6.07, 6.45) is 1.39. The smallest absolute Gasteiger partial charge is 0.262 e. The SMILES string of the molecule is Cc1cc(N2CCCCS2(=O)=O)ccc1S(=O)(=O)Nc1cccc(F)c1. The van der Waals surface area contributed by atoms with E-state index in [0.29, 0.717) is 24.2 Å². The molecule has 1 aliphatic heterocycles. The molecule has 0 radical (unpaired) electrons. The third-order valence-corrected chi connectivity index (χ3v) is 7.57. The van der Waals surface area contributed by atoms with Gasteiger partial charge in [-0.15, -0.1) is 0 Å². The molecule has 1 heterocycles. The van der Waals surface area contributed by atoms with Crippen molar-refractivity contribution in [2.24, 2.45) is 0 Å². The van der Waals surface area contributed by atoms with Crippen LogP contribution in [0.15, 0.2) is 47.4 Å². The molecule has 140 valence electrons. The summed E-state index contributed by atoms with van der Waals surface area (Å²) in [7, 11) is -7.29. The van der Waals surface area contributed by atoms with Crippen molar-refractivity contribution in [2.75, 3.05) is 21.3 Å². The Labute approximate surface area is 152 Å². The molecule has 1 aliphatic rings. The molecule has 9 heteroatoms. The van der Waals surface area contributed by atoms with Gasteiger partial charge in [-0.25, -0.2) is 21.2 Å². The molecule has 26 heavy (non-hydrogen) atoms. The zero-order valence-electron chi connectivity index (χ0n) is 14.1. The number of anilines is 2. The average Bonchev–Trinajstić information content (AvgIpc) is 2.53. The third-order valence-electron chi connectivity index (χ3n) is 4.16. The van der Waals surface area contributed by atoms with Crippen LogP contribution in [0.3, 0.4) is 0 Å². The minimum absolute atomic E-state index is 0.0138. The van der Waals surface area contributed by atoms with Crippen LogP contribution >= 0.6 is 0 Å². The lowest BCUT2D eigenvalue weighted by Gasteiger charge is -2.28. The van der Waals surface area contributed by atoms with E-state index < -0.39 is 25.9 Å². The Morgan fingerprint density at radius 1 is 1.12 bits per heavy atom. The standard InChI is InChI=1S/C17H19FN2O4S2/c1-13-11-16(20-9-2-3-10-25(20,21)22)7-8-17(13)26(23,24)19-15-6-4-5-14(18)12-15/h4-8,11-12,19H,2-3,9-10H2,1H3. The Bertz CT molecular complexity index is 1040. The maximum absolute atomic E-state index is 13.3. The highest BCUT2D eigenvalue weighted by atomic mass is 32.2. The first-order chi connectivity index (χ1) is 12.2. The fraction of sp³-hybridized carbons (Fsp3) is 0.294. The number of nitrogens with one attached hydrogen (secondary N) is 1. The monoisotopic (exact) mass is 398 g/mol. The zero-order valence-corrected chi connectivity index (χ0v) is 15.8. The molecule has 0 spiro atoms. The molecule has 3 rings (SSSR count). The Morgan fingerprint density at radius 2 is 1.88 bits per heavy atom. The van der Waals surface area contributed by atoms with Gasteiger partial charge >= 0.3 is 0 Å². The highest BCUT2D eigenvalue weighted by Crippen LogP contribution is 2.28. The van der Waals surface area contributed by atoms with E-state index in [1.54, 1.807) is 13.0 Å². The van der Waals surface area contributed by atoms with Crippen molar-refractivity contribution in [2.45, 2.75) is 24.7 Å². The summed E-state index contributed by atoms with van der Waals surface area (Å²) in [6, 6.07) is 9.56. The van der Waals surface area contributed by atoms with Crippen LogP contribution in [0.5, 0.6) is 0 Å². The Balaban J connectivity index is 1.92. The van der Waals surface area contributed by atoms with Crippen LogP contribution in [-0.4, -0.2) is 29.1 Å². The topological polar surface area (TPSA) is 83.6 Å². The van der Waals surface area contributed by atoms with Crippen molar-refractivity contribution in [3.05, 3.63) is 53.8 Å². The number of hydrogen-bond donors (Lipinski definition) is 1. The molecule has 1 N–H and O–H groups in total. The van der Waals surface area contributed by atoms with E-state index in [0.717, 1.165) is 12.5 Å². The summed E-state index contributed by atoms with van der Waals surface area (Å²) in [5.74, 6) is -0.458. The van der Waals surface area contributed by atoms with E-state index in [9.17, 15) is 21.2 Å². The van der Waals surface area contributed by atoms with Gasteiger partial charge in [0, 0.05) is 6.54 Å². The highest BCUT2D eigenvalue weighted by Gasteiger charge is 2.27. The van der Waals surface area contributed by atoms with Gasteiger partial charge in [0.1, 0.15) is 5.82 Å². The van der Waals surface area contributed by atoms with Gasteiger partial charge in [0.2, 0.25) is 10.0 Å². The van der Waals surface area contributed by atoms with Gasteiger partial charge in [-0.05, 0) is 61.7 Å². The second-order valence-electron chi connectivity index (χ2n) is 6.16. The summed E-state index contributed by atoms with van der Waals surface area (Å²) in [5.41, 5.74) is 0.978. The number of nitrogens with zero attached hydrogens (tertiary/aromatic N) is 1. The molecular weight excluding hydrogens is 379 g/mol. The second-order valence-corrected chi connectivity index (χ2v) is 9.82. The Morgan fingerprint density at radius 3 is 2.54 bits per heavy atom. The number of aryl methyl sites for hydroxylation is 1. The molecule has 0 atom stereocenters. The molecule has 2 aromatic carbocycles. The zero-order chi connectivity index (χ0) is 18.9. The minimum atomic E-state index is -3.92. The molecule has 1 saturated heterocycles. The van der Waals surface area contributed by atoms with Crippen LogP contribution in [0.1, 0.15) is 18.4 Å². The molecule has 0 aromatic heterocycles. The predicted octanol–water partition coefficient (Wildman–Crippen LogP) is 2.86. The summed E-state index contributed by atoms with van der Waals surface area (Å²) >= 11 is 0. The van der Waals surface area contributed by atoms with Crippen molar-refractivity contribution in [3.8, 4) is 0 Å². The van der Waals surface area contributed by atoms with Gasteiger partial charge in [-0.2, -0.15) is 0 Å². The van der Waals surface area contributed by atoms with Crippen molar-refractivity contribution < 1.29 is 21.2 Å². The van der Waals surface area contributed by atoms with Gasteiger partial charge in [-0.1, -0.05) is 6.07 Å². The van der Waals surface area contributed by atoms with Crippen LogP contribution in [0, 0.1) is 12.7 Å². The Hall–Kier alpha value is -2.13. The summed E-state index contributed by atoms with van der Waals surface area (Å²) in [6.45, 7) is 1.98. The molecule has 6 nitrogen and oxygen atoms in total. The Kier molecular flexibility index (Phi) is 4.94. The van der Waals surface area contributed by atoms with E-state index in [2.05, 4.69) is 4.72 Å². The van der Waals surface area contributed by atoms with Gasteiger partial charge in [0.05, 0.1) is 22.0 Å². The van der Waals surface area contributed by atoms with E-state index in [1.807, 2.05) is 0 Å². The van der Waals surface area contributed by atoms with Crippen molar-refractivity contribution in [1.29, 1.82) is 0 Å². The summed E-state index contributed by atoms with van der Waals surface area (Å²) in [4.78, 5) is 0.0138. The van der Waals surface area contributed by atoms with Crippen LogP contribution in [0.25, 0.3) is 0 Å². The van der Waals surface area contributed by atoms with Crippen LogP contribution < -0.4 is 9.03 Å². The summed E-state index contributed by atoms with van der Waals surface area (Å²) in [5, 5.41) is 0. The van der Waals surface area contributed by atoms with Crippen LogP contribution in [-0.2, 0) is 20.0 Å². The lowest BCUT2D eigenvalue weighted by Crippen LogP contribution is -2.37. The second kappa shape index (κ2) is 6.88. The van der Waals surface area contributed by atoms with Gasteiger partial charge in [-0.3, -0.25) is 9.03 Å². The van der Waals surface area contributed by atoms with Gasteiger partial charge in [0.25, 0.3) is 10.0 Å². The molecule has 0 amide bonds. The van der Waals surface area contributed by atoms with Crippen molar-refractivity contribution in [1.82, 2.24) is 0 Å². The third kappa shape index (κ3) is 3.83. The fourth-order valence-corrected chi connectivity index (χ4v) is 5.84. The molecule has 2 aromatic rings. The highest BCUT2D eigenvalue weighted by molar-refractivity contribution is 7.93. The number of halogens is 1. The quantitative estimate of drug-likeness (QED) is 0.858. The lowest BCUT2D eigenvalue weighted by molar-refractivity contribution is 0.574. The fourth-order valence-electron chi connectivity index (χ4n) is 2.93. The average molecular weight is 398 g/mol. The molecule has 0 saturated carbocycles. The van der Waals surface area contributed by atoms with Crippen LogP contribution in [0.4, 0.5) is 15.8 Å². The maximum atomic E-state index is 13.3. The first kappa shape index (κ1) is 18.7. The van der Waals surface area contributed by atoms with E-state index in [4.69, 9.17) is 0 Å². The number of benzene rings is 2. The number of rotatable bonds is 4. The first-order valence-electron chi connectivity index (χ1n) is 8.08. The number of hydrogen-bond acceptors (Lipinski definition) is 4. The number of sulfonamides is 2. The largest absolute Gasteiger partial charge is 0.280 e. The predicted molar refractivity (Wildman–Crippen MR) is 98.8 cm³/mol. The summed E-state index contributed by atoms with van der Waals surface area (Å²) < 4.78 is 66.5. The molecule has 0 bridgehead atoms. The van der Waals surface area contributed by atoms with Gasteiger partial charge < -0.3 is 0 Å². The van der Waals surface area contributed by atoms with E-state index >= 15 is 0 Å².